The molecular weight excluding hydrogens is 193 g/mol. The lowest BCUT2D eigenvalue weighted by Gasteiger charge is -2.00. The minimum absolute atomic E-state index is 0.0131. The van der Waals surface area contributed by atoms with Crippen LogP contribution in [0.4, 0.5) is 4.39 Å². The molecular formula is C9H5ClFNO. The third kappa shape index (κ3) is 1.31. The van der Waals surface area contributed by atoms with Crippen LogP contribution >= 0.6 is 11.6 Å². The Bertz CT molecular complexity index is 467. The van der Waals surface area contributed by atoms with Gasteiger partial charge in [0.2, 0.25) is 0 Å². The van der Waals surface area contributed by atoms with E-state index in [1.807, 2.05) is 0 Å². The highest BCUT2D eigenvalue weighted by molar-refractivity contribution is 6.35. The lowest BCUT2D eigenvalue weighted by atomic mass is 10.2. The van der Waals surface area contributed by atoms with Crippen molar-refractivity contribution in [3.05, 3.63) is 35.2 Å². The maximum Gasteiger partial charge on any atom is 0.142 e. The quantitative estimate of drug-likeness (QED) is 0.705. The maximum atomic E-state index is 12.9. The summed E-state index contributed by atoms with van der Waals surface area (Å²) in [5.41, 5.74) is 0.559. The Morgan fingerprint density at radius 1 is 1.38 bits per heavy atom. The van der Waals surface area contributed by atoms with Crippen LogP contribution in [-0.4, -0.2) is 10.1 Å². The molecule has 13 heavy (non-hydrogen) atoms. The molecule has 4 heteroatoms. The Morgan fingerprint density at radius 3 is 2.92 bits per heavy atom. The van der Waals surface area contributed by atoms with Crippen LogP contribution in [0, 0.1) is 5.82 Å². The molecule has 0 bridgehead atoms. The van der Waals surface area contributed by atoms with Crippen LogP contribution in [0.15, 0.2) is 24.4 Å². The number of aromatic hydroxyl groups is 1. The van der Waals surface area contributed by atoms with Crippen molar-refractivity contribution in [3.8, 4) is 5.75 Å². The first kappa shape index (κ1) is 8.26. The molecule has 0 saturated heterocycles. The Hall–Kier alpha value is -1.35. The second-order valence-corrected chi connectivity index (χ2v) is 3.00. The van der Waals surface area contributed by atoms with Crippen LogP contribution in [0.5, 0.6) is 5.75 Å². The van der Waals surface area contributed by atoms with Gasteiger partial charge in [0.05, 0.1) is 16.7 Å². The molecule has 0 aliphatic heterocycles. The molecule has 0 amide bonds. The summed E-state index contributed by atoms with van der Waals surface area (Å²) in [6.07, 6.45) is 1.29. The van der Waals surface area contributed by atoms with Crippen molar-refractivity contribution in [2.75, 3.05) is 0 Å². The standard InChI is InChI=1S/C9H5ClFNO/c10-9-6-3-5(13)4-12-8(6)2-1-7(9)11/h1-4,13H. The fourth-order valence-electron chi connectivity index (χ4n) is 1.13. The Labute approximate surface area is 78.6 Å². The summed E-state index contributed by atoms with van der Waals surface area (Å²) >= 11 is 5.67. The van der Waals surface area contributed by atoms with Crippen molar-refractivity contribution in [2.24, 2.45) is 0 Å². The van der Waals surface area contributed by atoms with E-state index >= 15 is 0 Å². The molecule has 1 heterocycles. The summed E-state index contributed by atoms with van der Waals surface area (Å²) in [4.78, 5) is 3.88. The number of hydrogen-bond donors (Lipinski definition) is 1. The van der Waals surface area contributed by atoms with Crippen LogP contribution in [0.1, 0.15) is 0 Å². The van der Waals surface area contributed by atoms with E-state index in [2.05, 4.69) is 4.98 Å². The first-order valence-electron chi connectivity index (χ1n) is 3.61. The highest BCUT2D eigenvalue weighted by Gasteiger charge is 2.05. The van der Waals surface area contributed by atoms with Gasteiger partial charge in [-0.25, -0.2) is 4.39 Å². The molecule has 0 saturated carbocycles. The smallest absolute Gasteiger partial charge is 0.142 e. The molecule has 66 valence electrons. The van der Waals surface area contributed by atoms with E-state index in [1.54, 1.807) is 0 Å². The zero-order chi connectivity index (χ0) is 9.42. The van der Waals surface area contributed by atoms with Gasteiger partial charge in [0.15, 0.2) is 0 Å². The van der Waals surface area contributed by atoms with E-state index < -0.39 is 5.82 Å². The highest BCUT2D eigenvalue weighted by Crippen LogP contribution is 2.27. The molecule has 1 N–H and O–H groups in total. The molecule has 2 nitrogen and oxygen atoms in total. The van der Waals surface area contributed by atoms with E-state index in [4.69, 9.17) is 16.7 Å². The van der Waals surface area contributed by atoms with Crippen molar-refractivity contribution in [3.63, 3.8) is 0 Å². The number of nitrogens with zero attached hydrogens (tertiary/aromatic N) is 1. The van der Waals surface area contributed by atoms with Crippen molar-refractivity contribution >= 4 is 22.5 Å². The highest BCUT2D eigenvalue weighted by atomic mass is 35.5. The minimum Gasteiger partial charge on any atom is -0.506 e. The van der Waals surface area contributed by atoms with Crippen LogP contribution in [-0.2, 0) is 0 Å². The zero-order valence-corrected chi connectivity index (χ0v) is 7.22. The topological polar surface area (TPSA) is 33.1 Å². The molecule has 0 aliphatic carbocycles. The van der Waals surface area contributed by atoms with Crippen LogP contribution in [0.2, 0.25) is 5.02 Å². The molecule has 0 radical (unpaired) electrons. The molecule has 1 aromatic heterocycles. The van der Waals surface area contributed by atoms with Crippen molar-refractivity contribution in [2.45, 2.75) is 0 Å². The average Bonchev–Trinajstić information content (AvgIpc) is 2.12. The van der Waals surface area contributed by atoms with Gasteiger partial charge in [0, 0.05) is 5.39 Å². The molecule has 0 spiro atoms. The van der Waals surface area contributed by atoms with E-state index in [1.165, 1.54) is 24.4 Å². The Balaban J connectivity index is 2.89. The van der Waals surface area contributed by atoms with Gasteiger partial charge in [0.25, 0.3) is 0 Å². The molecule has 0 aliphatic rings. The van der Waals surface area contributed by atoms with Crippen LogP contribution in [0.3, 0.4) is 0 Å². The number of pyridine rings is 1. The van der Waals surface area contributed by atoms with Crippen molar-refractivity contribution in [1.29, 1.82) is 0 Å². The van der Waals surface area contributed by atoms with Crippen molar-refractivity contribution < 1.29 is 9.50 Å². The summed E-state index contributed by atoms with van der Waals surface area (Å²) in [5.74, 6) is -0.540. The van der Waals surface area contributed by atoms with Gasteiger partial charge in [-0.2, -0.15) is 0 Å². The van der Waals surface area contributed by atoms with Crippen molar-refractivity contribution in [1.82, 2.24) is 4.98 Å². The fourth-order valence-corrected chi connectivity index (χ4v) is 1.34. The zero-order valence-electron chi connectivity index (χ0n) is 6.46. The number of benzene rings is 1. The number of rotatable bonds is 0. The average molecular weight is 198 g/mol. The number of aromatic nitrogens is 1. The summed E-state index contributed by atoms with van der Waals surface area (Å²) in [6, 6.07) is 4.14. The second kappa shape index (κ2) is 2.85. The molecule has 2 rings (SSSR count). The minimum atomic E-state index is -0.512. The van der Waals surface area contributed by atoms with Crippen LogP contribution < -0.4 is 0 Å². The fraction of sp³-hybridized carbons (Fsp3) is 0. The Kier molecular flexibility index (Phi) is 1.81. The molecule has 2 aromatic rings. The van der Waals surface area contributed by atoms with Gasteiger partial charge >= 0.3 is 0 Å². The van der Waals surface area contributed by atoms with Gasteiger partial charge in [-0.3, -0.25) is 4.98 Å². The lowest BCUT2D eigenvalue weighted by Crippen LogP contribution is -1.82. The molecule has 1 aromatic carbocycles. The maximum absolute atomic E-state index is 12.9. The van der Waals surface area contributed by atoms with Gasteiger partial charge in [-0.15, -0.1) is 0 Å². The van der Waals surface area contributed by atoms with Gasteiger partial charge in [0.1, 0.15) is 11.6 Å². The third-order valence-corrected chi connectivity index (χ3v) is 2.12. The summed E-state index contributed by atoms with van der Waals surface area (Å²) in [6.45, 7) is 0. The van der Waals surface area contributed by atoms with E-state index in [9.17, 15) is 4.39 Å². The summed E-state index contributed by atoms with van der Waals surface area (Å²) in [7, 11) is 0. The third-order valence-electron chi connectivity index (χ3n) is 1.74. The van der Waals surface area contributed by atoms with E-state index in [0.717, 1.165) is 0 Å². The monoisotopic (exact) mass is 197 g/mol. The van der Waals surface area contributed by atoms with E-state index in [-0.39, 0.29) is 10.8 Å². The van der Waals surface area contributed by atoms with E-state index in [0.29, 0.717) is 10.9 Å². The molecule has 0 atom stereocenters. The SMILES string of the molecule is Oc1cnc2ccc(F)c(Cl)c2c1. The number of hydrogen-bond acceptors (Lipinski definition) is 2. The summed E-state index contributed by atoms with van der Waals surface area (Å²) < 4.78 is 12.9. The van der Waals surface area contributed by atoms with Gasteiger partial charge < -0.3 is 5.11 Å². The summed E-state index contributed by atoms with van der Waals surface area (Å²) in [5, 5.41) is 9.51. The molecule has 0 unspecified atom stereocenters. The number of halogens is 2. The first-order chi connectivity index (χ1) is 6.18. The first-order valence-corrected chi connectivity index (χ1v) is 3.99. The Morgan fingerprint density at radius 2 is 2.15 bits per heavy atom. The largest absolute Gasteiger partial charge is 0.506 e. The normalized spacial score (nSPS) is 10.6. The van der Waals surface area contributed by atoms with Crippen LogP contribution in [0.25, 0.3) is 10.9 Å². The second-order valence-electron chi connectivity index (χ2n) is 2.62. The lowest BCUT2D eigenvalue weighted by molar-refractivity contribution is 0.474. The number of fused-ring (bicyclic) bond motifs is 1. The van der Waals surface area contributed by atoms with Gasteiger partial charge in [-0.1, -0.05) is 11.6 Å². The predicted octanol–water partition coefficient (Wildman–Crippen LogP) is 2.73. The van der Waals surface area contributed by atoms with Gasteiger partial charge in [-0.05, 0) is 18.2 Å². The molecule has 0 fully saturated rings. The predicted molar refractivity (Wildman–Crippen MR) is 48.4 cm³/mol.